The number of carbonyl (C=O) groups excluding carboxylic acids is 1. The predicted octanol–water partition coefficient (Wildman–Crippen LogP) is 3.67. The third kappa shape index (κ3) is 9.06. The molecule has 4 rings (SSSR count). The zero-order chi connectivity index (χ0) is 30.0. The lowest BCUT2D eigenvalue weighted by atomic mass is 10.1. The molecule has 0 aliphatic carbocycles. The molecule has 0 saturated carbocycles. The number of unbranched alkanes of at least 4 members (excludes halogenated alkanes) is 4. The highest BCUT2D eigenvalue weighted by molar-refractivity contribution is 5.84. The Morgan fingerprint density at radius 1 is 1.12 bits per heavy atom. The maximum atomic E-state index is 13.0. The normalized spacial score (nSPS) is 27.1. The van der Waals surface area contributed by atoms with Gasteiger partial charge in [-0.15, -0.1) is 0 Å². The summed E-state index contributed by atoms with van der Waals surface area (Å²) in [5, 5.41) is 17.1. The van der Waals surface area contributed by atoms with Crippen molar-refractivity contribution in [3.8, 4) is 0 Å². The van der Waals surface area contributed by atoms with Crippen molar-refractivity contribution in [2.75, 3.05) is 64.5 Å². The zero-order valence-corrected chi connectivity index (χ0v) is 25.0. The summed E-state index contributed by atoms with van der Waals surface area (Å²) in [6, 6.07) is 5.53. The number of morpholine rings is 1. The molecule has 0 unspecified atom stereocenters. The average molecular weight is 595 g/mol. The molecule has 0 aromatic heterocycles. The van der Waals surface area contributed by atoms with Crippen LogP contribution in [0.3, 0.4) is 0 Å². The number of anilines is 1. The van der Waals surface area contributed by atoms with E-state index in [9.17, 15) is 14.9 Å². The van der Waals surface area contributed by atoms with Gasteiger partial charge in [0.1, 0.15) is 12.7 Å². The van der Waals surface area contributed by atoms with E-state index in [4.69, 9.17) is 28.4 Å². The molecule has 13 nitrogen and oxygen atoms in total. The largest absolute Gasteiger partial charge is 0.440 e. The first kappa shape index (κ1) is 32.5. The number of fused-ring (bicyclic) bond motifs is 1. The van der Waals surface area contributed by atoms with E-state index in [1.165, 1.54) is 43.5 Å². The number of hydrogen-bond donors (Lipinski definition) is 2. The SMILES string of the molecule is CCCCCCCOC[C@@]12O[C@@H](CNCCN3CCOCC3)[C@@H](OC(=O)Nc3ccc([N+](=O)[O-])cc3)[C@@H]1OC(C)(C)O2. The second-order valence-electron chi connectivity index (χ2n) is 11.4. The molecule has 1 aromatic carbocycles. The molecular formula is C29H46N4O9. The van der Waals surface area contributed by atoms with Crippen LogP contribution in [-0.2, 0) is 28.4 Å². The van der Waals surface area contributed by atoms with Crippen molar-refractivity contribution in [1.29, 1.82) is 0 Å². The Labute approximate surface area is 247 Å². The number of nitro benzene ring substituents is 1. The Hall–Kier alpha value is -2.39. The van der Waals surface area contributed by atoms with Crippen LogP contribution < -0.4 is 10.6 Å². The molecule has 0 spiro atoms. The van der Waals surface area contributed by atoms with Crippen molar-refractivity contribution in [1.82, 2.24) is 10.2 Å². The summed E-state index contributed by atoms with van der Waals surface area (Å²) in [7, 11) is 0. The molecule has 1 aromatic rings. The second kappa shape index (κ2) is 15.4. The molecule has 236 valence electrons. The highest BCUT2D eigenvalue weighted by atomic mass is 16.9. The molecule has 3 fully saturated rings. The minimum absolute atomic E-state index is 0.0739. The van der Waals surface area contributed by atoms with Crippen LogP contribution in [0.2, 0.25) is 0 Å². The van der Waals surface area contributed by atoms with E-state index in [1.54, 1.807) is 13.8 Å². The lowest BCUT2D eigenvalue weighted by molar-refractivity contribution is -0.384. The zero-order valence-electron chi connectivity index (χ0n) is 25.0. The van der Waals surface area contributed by atoms with Crippen molar-refractivity contribution in [3.05, 3.63) is 34.4 Å². The number of hydrogen-bond acceptors (Lipinski definition) is 11. The minimum atomic E-state index is -1.23. The van der Waals surface area contributed by atoms with Gasteiger partial charge in [0.25, 0.3) is 5.69 Å². The molecule has 3 aliphatic rings. The Morgan fingerprint density at radius 2 is 1.86 bits per heavy atom. The topological polar surface area (TPSA) is 143 Å². The van der Waals surface area contributed by atoms with Crippen molar-refractivity contribution >= 4 is 17.5 Å². The summed E-state index contributed by atoms with van der Waals surface area (Å²) in [6.07, 6.45) is 2.79. The third-order valence-electron chi connectivity index (χ3n) is 7.60. The summed E-state index contributed by atoms with van der Waals surface area (Å²) in [5.74, 6) is -2.21. The van der Waals surface area contributed by atoms with E-state index >= 15 is 0 Å². The van der Waals surface area contributed by atoms with E-state index in [-0.39, 0.29) is 12.3 Å². The van der Waals surface area contributed by atoms with Gasteiger partial charge in [-0.3, -0.25) is 20.3 Å². The van der Waals surface area contributed by atoms with Gasteiger partial charge in [0.2, 0.25) is 5.79 Å². The lowest BCUT2D eigenvalue weighted by Gasteiger charge is -2.29. The van der Waals surface area contributed by atoms with Crippen molar-refractivity contribution in [2.45, 2.75) is 82.8 Å². The fourth-order valence-corrected chi connectivity index (χ4v) is 5.53. The second-order valence-corrected chi connectivity index (χ2v) is 11.4. The predicted molar refractivity (Wildman–Crippen MR) is 154 cm³/mol. The Kier molecular flexibility index (Phi) is 11.9. The Bertz CT molecular complexity index is 1010. The van der Waals surface area contributed by atoms with Crippen molar-refractivity contribution < 1.29 is 38.1 Å². The molecule has 13 heteroatoms. The number of non-ortho nitro benzene ring substituents is 1. The van der Waals surface area contributed by atoms with Gasteiger partial charge in [-0.05, 0) is 32.4 Å². The van der Waals surface area contributed by atoms with Crippen LogP contribution in [-0.4, -0.2) is 105 Å². The van der Waals surface area contributed by atoms with Gasteiger partial charge in [0.15, 0.2) is 18.0 Å². The number of nitrogens with zero attached hydrogens (tertiary/aromatic N) is 2. The van der Waals surface area contributed by atoms with Crippen LogP contribution in [0.15, 0.2) is 24.3 Å². The van der Waals surface area contributed by atoms with Crippen LogP contribution in [0.5, 0.6) is 0 Å². The highest BCUT2D eigenvalue weighted by Crippen LogP contribution is 2.46. The van der Waals surface area contributed by atoms with Gasteiger partial charge in [-0.25, -0.2) is 4.79 Å². The number of nitrogens with one attached hydrogen (secondary N) is 2. The van der Waals surface area contributed by atoms with Gasteiger partial charge in [-0.1, -0.05) is 32.6 Å². The van der Waals surface area contributed by atoms with Crippen LogP contribution in [0.1, 0.15) is 52.9 Å². The molecule has 0 radical (unpaired) electrons. The van der Waals surface area contributed by atoms with Gasteiger partial charge < -0.3 is 33.7 Å². The molecule has 3 saturated heterocycles. The number of nitro groups is 1. The van der Waals surface area contributed by atoms with Crippen LogP contribution in [0.25, 0.3) is 0 Å². The number of rotatable bonds is 16. The third-order valence-corrected chi connectivity index (χ3v) is 7.60. The van der Waals surface area contributed by atoms with Gasteiger partial charge >= 0.3 is 6.09 Å². The van der Waals surface area contributed by atoms with E-state index in [0.29, 0.717) is 18.8 Å². The molecule has 2 N–H and O–H groups in total. The molecule has 3 aliphatic heterocycles. The number of benzene rings is 1. The van der Waals surface area contributed by atoms with Crippen molar-refractivity contribution in [3.63, 3.8) is 0 Å². The molecular weight excluding hydrogens is 548 g/mol. The van der Waals surface area contributed by atoms with E-state index in [0.717, 1.165) is 52.2 Å². The highest BCUT2D eigenvalue weighted by Gasteiger charge is 2.66. The first-order valence-electron chi connectivity index (χ1n) is 15.1. The summed E-state index contributed by atoms with van der Waals surface area (Å²) in [4.78, 5) is 25.8. The molecule has 3 heterocycles. The monoisotopic (exact) mass is 594 g/mol. The Balaban J connectivity index is 1.40. The van der Waals surface area contributed by atoms with E-state index in [2.05, 4.69) is 22.5 Å². The lowest BCUT2D eigenvalue weighted by Crippen LogP contribution is -2.46. The average Bonchev–Trinajstić information content (AvgIpc) is 3.37. The maximum absolute atomic E-state index is 13.0. The maximum Gasteiger partial charge on any atom is 0.412 e. The van der Waals surface area contributed by atoms with Crippen LogP contribution in [0.4, 0.5) is 16.2 Å². The fraction of sp³-hybridized carbons (Fsp3) is 0.759. The number of amides is 1. The van der Waals surface area contributed by atoms with Gasteiger partial charge in [0, 0.05) is 57.2 Å². The molecule has 4 atom stereocenters. The summed E-state index contributed by atoms with van der Waals surface area (Å²) >= 11 is 0. The van der Waals surface area contributed by atoms with Gasteiger partial charge in [-0.2, -0.15) is 0 Å². The Morgan fingerprint density at radius 3 is 2.57 bits per heavy atom. The minimum Gasteiger partial charge on any atom is -0.440 e. The summed E-state index contributed by atoms with van der Waals surface area (Å²) in [5.41, 5.74) is 0.293. The molecule has 1 amide bonds. The van der Waals surface area contributed by atoms with E-state index in [1.807, 2.05) is 0 Å². The van der Waals surface area contributed by atoms with Gasteiger partial charge in [0.05, 0.1) is 18.1 Å². The number of ether oxygens (including phenoxy) is 6. The van der Waals surface area contributed by atoms with Crippen LogP contribution in [0, 0.1) is 10.1 Å². The molecule has 0 bridgehead atoms. The fourth-order valence-electron chi connectivity index (χ4n) is 5.53. The summed E-state index contributed by atoms with van der Waals surface area (Å²) in [6.45, 7) is 11.7. The quantitative estimate of drug-likeness (QED) is 0.164. The standard InChI is InChI=1S/C29H46N4O9/c1-4-5-6-7-8-17-38-21-29-26(41-28(2,3)42-29)25(24(40-29)20-30-13-14-32-15-18-37-19-16-32)39-27(34)31-22-9-11-23(12-10-22)33(35)36/h9-12,24-26,30H,4-8,13-21H2,1-3H3,(H,31,34)/t24-,25+,26-,29-/m0/s1. The van der Waals surface area contributed by atoms with Crippen LogP contribution >= 0.6 is 0 Å². The first-order valence-corrected chi connectivity index (χ1v) is 15.1. The number of carbonyl (C=O) groups is 1. The first-order chi connectivity index (χ1) is 20.2. The smallest absolute Gasteiger partial charge is 0.412 e. The van der Waals surface area contributed by atoms with E-state index < -0.39 is 40.9 Å². The summed E-state index contributed by atoms with van der Waals surface area (Å²) < 4.78 is 36.5. The molecule has 42 heavy (non-hydrogen) atoms. The van der Waals surface area contributed by atoms with Crippen molar-refractivity contribution in [2.24, 2.45) is 0 Å².